The lowest BCUT2D eigenvalue weighted by atomic mass is 10.2. The van der Waals surface area contributed by atoms with Crippen molar-refractivity contribution in [1.29, 1.82) is 0 Å². The molecule has 1 aromatic rings. The maximum Gasteiger partial charge on any atom is 0.349 e. The summed E-state index contributed by atoms with van der Waals surface area (Å²) in [6.45, 7) is 0. The molecule has 0 bridgehead atoms. The summed E-state index contributed by atoms with van der Waals surface area (Å²) >= 11 is 5.65. The highest BCUT2D eigenvalue weighted by Gasteiger charge is 2.04. The Morgan fingerprint density at radius 3 is 2.54 bits per heavy atom. The van der Waals surface area contributed by atoms with Crippen LogP contribution < -0.4 is 0 Å². The molecule has 68 valence electrons. The minimum atomic E-state index is -0.523. The van der Waals surface area contributed by atoms with Crippen LogP contribution in [0.2, 0.25) is 0 Å². The summed E-state index contributed by atoms with van der Waals surface area (Å²) in [5.41, 5.74) is 0.873. The van der Waals surface area contributed by atoms with Gasteiger partial charge >= 0.3 is 5.97 Å². The number of rotatable bonds is 2. The molecule has 0 aromatic heterocycles. The molecular formula is C10H9ClO2. The summed E-state index contributed by atoms with van der Waals surface area (Å²) in [5, 5.41) is 0.0775. The lowest BCUT2D eigenvalue weighted by Gasteiger charge is -1.96. The Morgan fingerprint density at radius 1 is 1.38 bits per heavy atom. The number of halogens is 1. The Balaban J connectivity index is 2.83. The minimum absolute atomic E-state index is 0.0775. The average Bonchev–Trinajstić information content (AvgIpc) is 2.18. The van der Waals surface area contributed by atoms with E-state index in [0.717, 1.165) is 5.56 Å². The molecule has 0 saturated carbocycles. The molecule has 0 heterocycles. The van der Waals surface area contributed by atoms with Crippen LogP contribution in [0.4, 0.5) is 0 Å². The Bertz CT molecular complexity index is 317. The standard InChI is InChI=1S/C10H9ClO2/c1-13-10(12)9(11)7-8-5-3-2-4-6-8/h2-7H,1H3/b9-7-. The van der Waals surface area contributed by atoms with E-state index in [0.29, 0.717) is 0 Å². The van der Waals surface area contributed by atoms with E-state index in [1.54, 1.807) is 6.08 Å². The maximum absolute atomic E-state index is 10.9. The molecule has 13 heavy (non-hydrogen) atoms. The zero-order valence-corrected chi connectivity index (χ0v) is 7.91. The first-order valence-corrected chi connectivity index (χ1v) is 4.12. The molecule has 0 N–H and O–H groups in total. The molecule has 3 heteroatoms. The second kappa shape index (κ2) is 4.67. The smallest absolute Gasteiger partial charge is 0.349 e. The molecule has 0 spiro atoms. The first-order valence-electron chi connectivity index (χ1n) is 3.74. The topological polar surface area (TPSA) is 26.3 Å². The van der Waals surface area contributed by atoms with Crippen LogP contribution in [0.3, 0.4) is 0 Å². The van der Waals surface area contributed by atoms with Crippen molar-refractivity contribution in [3.63, 3.8) is 0 Å². The predicted octanol–water partition coefficient (Wildman–Crippen LogP) is 2.44. The predicted molar refractivity (Wildman–Crippen MR) is 52.3 cm³/mol. The Morgan fingerprint density at radius 2 is 2.00 bits per heavy atom. The number of esters is 1. The van der Waals surface area contributed by atoms with Gasteiger partial charge in [0.05, 0.1) is 7.11 Å². The monoisotopic (exact) mass is 196 g/mol. The van der Waals surface area contributed by atoms with Crippen molar-refractivity contribution < 1.29 is 9.53 Å². The second-order valence-electron chi connectivity index (χ2n) is 2.39. The van der Waals surface area contributed by atoms with E-state index in [2.05, 4.69) is 4.74 Å². The molecule has 0 aliphatic rings. The third-order valence-corrected chi connectivity index (χ3v) is 1.74. The number of benzene rings is 1. The van der Waals surface area contributed by atoms with Crippen LogP contribution in [0.25, 0.3) is 6.08 Å². The zero-order valence-electron chi connectivity index (χ0n) is 7.16. The minimum Gasteiger partial charge on any atom is -0.465 e. The van der Waals surface area contributed by atoms with Crippen molar-refractivity contribution in [3.05, 3.63) is 40.9 Å². The van der Waals surface area contributed by atoms with Crippen molar-refractivity contribution in [3.8, 4) is 0 Å². The van der Waals surface area contributed by atoms with Gasteiger partial charge in [-0.15, -0.1) is 0 Å². The largest absolute Gasteiger partial charge is 0.465 e. The molecule has 1 aromatic carbocycles. The number of hydrogen-bond acceptors (Lipinski definition) is 2. The first kappa shape index (κ1) is 9.81. The van der Waals surface area contributed by atoms with Crippen molar-refractivity contribution in [1.82, 2.24) is 0 Å². The molecule has 0 radical (unpaired) electrons. The van der Waals surface area contributed by atoms with Crippen LogP contribution >= 0.6 is 11.6 Å². The van der Waals surface area contributed by atoms with Crippen LogP contribution in [0, 0.1) is 0 Å². The van der Waals surface area contributed by atoms with Gasteiger partial charge in [0, 0.05) is 0 Å². The van der Waals surface area contributed by atoms with E-state index in [1.807, 2.05) is 30.3 Å². The SMILES string of the molecule is COC(=O)/C(Cl)=C/c1ccccc1. The molecule has 1 rings (SSSR count). The number of methoxy groups -OCH3 is 1. The highest BCUT2D eigenvalue weighted by Crippen LogP contribution is 2.10. The number of carbonyl (C=O) groups excluding carboxylic acids is 1. The van der Waals surface area contributed by atoms with Gasteiger partial charge in [0.1, 0.15) is 5.03 Å². The van der Waals surface area contributed by atoms with Crippen LogP contribution in [-0.2, 0) is 9.53 Å². The van der Waals surface area contributed by atoms with Crippen molar-refractivity contribution in [2.45, 2.75) is 0 Å². The van der Waals surface area contributed by atoms with Crippen LogP contribution in [0.5, 0.6) is 0 Å². The number of hydrogen-bond donors (Lipinski definition) is 0. The molecule has 0 aliphatic heterocycles. The Kier molecular flexibility index (Phi) is 3.53. The fraction of sp³-hybridized carbons (Fsp3) is 0.100. The highest BCUT2D eigenvalue weighted by atomic mass is 35.5. The van der Waals surface area contributed by atoms with E-state index < -0.39 is 5.97 Å². The quantitative estimate of drug-likeness (QED) is 0.537. The van der Waals surface area contributed by atoms with Crippen LogP contribution in [-0.4, -0.2) is 13.1 Å². The Hall–Kier alpha value is -1.28. The summed E-state index contributed by atoms with van der Waals surface area (Å²) in [4.78, 5) is 10.9. The van der Waals surface area contributed by atoms with Gasteiger partial charge in [-0.3, -0.25) is 0 Å². The molecule has 2 nitrogen and oxygen atoms in total. The van der Waals surface area contributed by atoms with E-state index in [-0.39, 0.29) is 5.03 Å². The van der Waals surface area contributed by atoms with Gasteiger partial charge in [-0.1, -0.05) is 41.9 Å². The van der Waals surface area contributed by atoms with Gasteiger partial charge in [-0.05, 0) is 11.6 Å². The van der Waals surface area contributed by atoms with E-state index >= 15 is 0 Å². The fourth-order valence-electron chi connectivity index (χ4n) is 0.852. The summed E-state index contributed by atoms with van der Waals surface area (Å²) in [6.07, 6.45) is 1.56. The third-order valence-electron chi connectivity index (χ3n) is 1.47. The second-order valence-corrected chi connectivity index (χ2v) is 2.80. The summed E-state index contributed by atoms with van der Waals surface area (Å²) in [6, 6.07) is 9.33. The molecule has 0 atom stereocenters. The third kappa shape index (κ3) is 2.92. The summed E-state index contributed by atoms with van der Waals surface area (Å²) < 4.78 is 4.45. The molecule has 0 aliphatic carbocycles. The maximum atomic E-state index is 10.9. The zero-order chi connectivity index (χ0) is 9.68. The Labute approximate surface area is 81.8 Å². The van der Waals surface area contributed by atoms with Crippen LogP contribution in [0.15, 0.2) is 35.4 Å². The van der Waals surface area contributed by atoms with Gasteiger partial charge in [-0.2, -0.15) is 0 Å². The molecule has 0 unspecified atom stereocenters. The summed E-state index contributed by atoms with van der Waals surface area (Å²) in [7, 11) is 1.30. The van der Waals surface area contributed by atoms with Gasteiger partial charge < -0.3 is 4.74 Å². The average molecular weight is 197 g/mol. The van der Waals surface area contributed by atoms with Crippen LogP contribution in [0.1, 0.15) is 5.56 Å². The van der Waals surface area contributed by atoms with Gasteiger partial charge in [0.25, 0.3) is 0 Å². The van der Waals surface area contributed by atoms with E-state index in [1.165, 1.54) is 7.11 Å². The first-order chi connectivity index (χ1) is 6.24. The van der Waals surface area contributed by atoms with Crippen molar-refractivity contribution >= 4 is 23.6 Å². The van der Waals surface area contributed by atoms with Crippen molar-refractivity contribution in [2.75, 3.05) is 7.11 Å². The summed E-state index contributed by atoms with van der Waals surface area (Å²) in [5.74, 6) is -0.523. The van der Waals surface area contributed by atoms with Gasteiger partial charge in [0.15, 0.2) is 0 Å². The normalized spacial score (nSPS) is 11.1. The van der Waals surface area contributed by atoms with E-state index in [9.17, 15) is 4.79 Å². The number of ether oxygens (including phenoxy) is 1. The molecule has 0 fully saturated rings. The molecular weight excluding hydrogens is 188 g/mol. The lowest BCUT2D eigenvalue weighted by molar-refractivity contribution is -0.135. The van der Waals surface area contributed by atoms with Gasteiger partial charge in [0.2, 0.25) is 0 Å². The molecule has 0 amide bonds. The molecule has 0 saturated heterocycles. The fourth-order valence-corrected chi connectivity index (χ4v) is 1.06. The number of carbonyl (C=O) groups is 1. The lowest BCUT2D eigenvalue weighted by Crippen LogP contribution is -1.98. The van der Waals surface area contributed by atoms with Crippen molar-refractivity contribution in [2.24, 2.45) is 0 Å². The van der Waals surface area contributed by atoms with E-state index in [4.69, 9.17) is 11.6 Å². The highest BCUT2D eigenvalue weighted by molar-refractivity contribution is 6.43. The van der Waals surface area contributed by atoms with Gasteiger partial charge in [-0.25, -0.2) is 4.79 Å².